The van der Waals surface area contributed by atoms with Crippen molar-refractivity contribution in [1.29, 1.82) is 0 Å². The van der Waals surface area contributed by atoms with Gasteiger partial charge in [-0.15, -0.1) is 0 Å². The van der Waals surface area contributed by atoms with E-state index in [1.54, 1.807) is 27.7 Å². The molecule has 17 nitrogen and oxygen atoms in total. The summed E-state index contributed by atoms with van der Waals surface area (Å²) in [6.45, 7) is 16.1. The molecule has 10 atom stereocenters. The largest absolute Gasteiger partial charge is 0.481 e. The summed E-state index contributed by atoms with van der Waals surface area (Å²) >= 11 is 0. The molecule has 2 heterocycles. The molecule has 3 aliphatic carbocycles. The van der Waals surface area contributed by atoms with E-state index in [1.807, 2.05) is 0 Å². The van der Waals surface area contributed by atoms with Crippen LogP contribution in [-0.2, 0) is 42.9 Å². The predicted octanol–water partition coefficient (Wildman–Crippen LogP) is 1.35. The van der Waals surface area contributed by atoms with Gasteiger partial charge in [0.25, 0.3) is 0 Å². The van der Waals surface area contributed by atoms with E-state index in [-0.39, 0.29) is 35.4 Å². The summed E-state index contributed by atoms with van der Waals surface area (Å²) in [4.78, 5) is 92.0. The molecule has 320 valence electrons. The number of amides is 5. The van der Waals surface area contributed by atoms with Crippen LogP contribution in [0.2, 0.25) is 0 Å². The molecule has 0 aromatic carbocycles. The van der Waals surface area contributed by atoms with Crippen LogP contribution in [0.25, 0.3) is 0 Å². The molecule has 57 heavy (non-hydrogen) atoms. The van der Waals surface area contributed by atoms with Gasteiger partial charge in [0.15, 0.2) is 0 Å². The van der Waals surface area contributed by atoms with Gasteiger partial charge in [-0.2, -0.15) is 0 Å². The van der Waals surface area contributed by atoms with Crippen molar-refractivity contribution in [3.05, 3.63) is 0 Å². The molecule has 5 amide bonds. The first-order valence-electron chi connectivity index (χ1n) is 20.6. The Morgan fingerprint density at radius 3 is 2.09 bits per heavy atom. The minimum atomic E-state index is -1.50. The molecular formula is C39H65BN6O11. The molecule has 2 aliphatic heterocycles. The van der Waals surface area contributed by atoms with Gasteiger partial charge in [-0.3, -0.25) is 33.6 Å². The third-order valence-electron chi connectivity index (χ3n) is 13.1. The monoisotopic (exact) mass is 804 g/mol. The molecular weight excluding hydrogens is 739 g/mol. The Morgan fingerprint density at radius 2 is 1.51 bits per heavy atom. The van der Waals surface area contributed by atoms with E-state index in [9.17, 15) is 38.7 Å². The first kappa shape index (κ1) is 45.9. The van der Waals surface area contributed by atoms with Crippen molar-refractivity contribution in [3.8, 4) is 0 Å². The first-order chi connectivity index (χ1) is 26.6. The molecule has 0 aromatic rings. The lowest BCUT2D eigenvalue weighted by molar-refractivity contribution is -0.220. The summed E-state index contributed by atoms with van der Waals surface area (Å²) in [6.07, 6.45) is 3.79. The van der Waals surface area contributed by atoms with Crippen molar-refractivity contribution in [1.82, 2.24) is 26.2 Å². The van der Waals surface area contributed by atoms with Gasteiger partial charge in [0.2, 0.25) is 29.5 Å². The fourth-order valence-corrected chi connectivity index (χ4v) is 9.05. The smallest absolute Gasteiger partial charge is 0.481 e. The van der Waals surface area contributed by atoms with E-state index >= 15 is 0 Å². The van der Waals surface area contributed by atoms with Crippen LogP contribution in [0.15, 0.2) is 0 Å². The van der Waals surface area contributed by atoms with Gasteiger partial charge in [0.1, 0.15) is 24.2 Å². The van der Waals surface area contributed by atoms with Gasteiger partial charge in [-0.05, 0) is 61.7 Å². The highest BCUT2D eigenvalue weighted by Gasteiger charge is 2.69. The minimum Gasteiger partial charge on any atom is -0.481 e. The second kappa shape index (κ2) is 18.9. The van der Waals surface area contributed by atoms with Gasteiger partial charge < -0.3 is 51.4 Å². The van der Waals surface area contributed by atoms with E-state index in [0.29, 0.717) is 31.7 Å². The number of carbonyl (C=O) groups excluding carboxylic acids is 5. The van der Waals surface area contributed by atoms with Gasteiger partial charge in [-0.1, -0.05) is 68.2 Å². The molecule has 0 radical (unpaired) electrons. The number of likely N-dealkylation sites (tertiary alicyclic amines) is 1. The molecule has 0 spiro atoms. The van der Waals surface area contributed by atoms with E-state index in [1.165, 1.54) is 4.90 Å². The standard InChI is InChI=1S/C39H65BN6O11/c1-9-10-13-27(40-56-26-17-22-19-39(8,32(26)57-40)38(22,6)7)43-35(53)25-12-11-16-46(25)37(55)31(21(4)5)45-36(54)30(20(2)3)44-34(52)24(14-15-28(47)48)42-33(51)23(41)18-29(49)50/h20-27,30-32H,9-19,41H2,1-8H3,(H,42,51)(H,43,53)(H,44,52)(H,45,54)(H,47,48)(H,49,50)/t22-,23+,24+,25+,26-,27+,30+,31+,32-,39-/m1/s1. The molecule has 0 unspecified atom stereocenters. The molecule has 18 heteroatoms. The van der Waals surface area contributed by atoms with Gasteiger partial charge >= 0.3 is 19.1 Å². The number of nitrogens with one attached hydrogen (secondary N) is 4. The number of carboxylic acid groups (broad SMARTS) is 2. The van der Waals surface area contributed by atoms with Crippen LogP contribution in [0.1, 0.15) is 120 Å². The van der Waals surface area contributed by atoms with Crippen LogP contribution in [0.4, 0.5) is 0 Å². The second-order valence-electron chi connectivity index (χ2n) is 18.0. The lowest BCUT2D eigenvalue weighted by atomic mass is 9.39. The highest BCUT2D eigenvalue weighted by Crippen LogP contribution is 2.69. The highest BCUT2D eigenvalue weighted by atomic mass is 16.7. The lowest BCUT2D eigenvalue weighted by Crippen LogP contribution is -2.66. The molecule has 5 aliphatic rings. The molecule has 5 fully saturated rings. The zero-order valence-corrected chi connectivity index (χ0v) is 34.8. The van der Waals surface area contributed by atoms with E-state index in [4.69, 9.17) is 20.1 Å². The van der Waals surface area contributed by atoms with Gasteiger partial charge in [-0.25, -0.2) is 0 Å². The van der Waals surface area contributed by atoms with Crippen molar-refractivity contribution in [2.75, 3.05) is 6.54 Å². The number of carbonyl (C=O) groups is 7. The van der Waals surface area contributed by atoms with Crippen molar-refractivity contribution in [2.24, 2.45) is 34.3 Å². The Balaban J connectivity index is 1.43. The van der Waals surface area contributed by atoms with Gasteiger partial charge in [0, 0.05) is 18.4 Å². The summed E-state index contributed by atoms with van der Waals surface area (Å²) in [5.74, 6) is -6.65. The maximum atomic E-state index is 14.2. The average Bonchev–Trinajstić information content (AvgIpc) is 3.80. The molecule has 5 rings (SSSR count). The number of nitrogens with zero attached hydrogens (tertiary/aromatic N) is 1. The SMILES string of the molecule is CCCC[C@H](NC(=O)[C@@H]1CCCN1C(=O)[C@@H](NC(=O)[C@@H](NC(=O)[C@H](CCC(=O)O)NC(=O)[C@@H](N)CC(=O)O)C(C)C)C(C)C)B1O[C@@H]2[C@@H](C[C@@H]3C[C@@]2(C)C3(C)C)O1. The topological polar surface area (TPSA) is 256 Å². The van der Waals surface area contributed by atoms with Crippen molar-refractivity contribution in [2.45, 2.75) is 168 Å². The summed E-state index contributed by atoms with van der Waals surface area (Å²) in [5.41, 5.74) is 5.78. The summed E-state index contributed by atoms with van der Waals surface area (Å²) < 4.78 is 13.2. The van der Waals surface area contributed by atoms with Crippen LogP contribution < -0.4 is 27.0 Å². The van der Waals surface area contributed by atoms with Crippen LogP contribution in [0, 0.1) is 28.6 Å². The Bertz CT molecular complexity index is 1530. The second-order valence-corrected chi connectivity index (χ2v) is 18.0. The number of hydrogen-bond acceptors (Lipinski definition) is 10. The normalized spacial score (nSPS) is 27.4. The number of hydrogen-bond donors (Lipinski definition) is 7. The maximum Gasteiger partial charge on any atom is 0.481 e. The van der Waals surface area contributed by atoms with Crippen LogP contribution in [0.3, 0.4) is 0 Å². The number of carboxylic acids is 2. The van der Waals surface area contributed by atoms with E-state index in [2.05, 4.69) is 49.0 Å². The van der Waals surface area contributed by atoms with Crippen LogP contribution in [0.5, 0.6) is 0 Å². The lowest BCUT2D eigenvalue weighted by Gasteiger charge is -2.67. The summed E-state index contributed by atoms with van der Waals surface area (Å²) in [6, 6.07) is -6.00. The Morgan fingerprint density at radius 1 is 0.860 bits per heavy atom. The quantitative estimate of drug-likeness (QED) is 0.0862. The predicted molar refractivity (Wildman–Crippen MR) is 209 cm³/mol. The highest BCUT2D eigenvalue weighted by molar-refractivity contribution is 6.47. The summed E-state index contributed by atoms with van der Waals surface area (Å²) in [7, 11) is -0.600. The Labute approximate surface area is 336 Å². The zero-order valence-electron chi connectivity index (χ0n) is 34.8. The molecule has 2 bridgehead atoms. The van der Waals surface area contributed by atoms with Crippen molar-refractivity contribution < 1.29 is 53.1 Å². The number of unbranched alkanes of at least 4 members (excludes halogenated alkanes) is 1. The number of nitrogens with two attached hydrogens (primary N) is 1. The number of aliphatic carboxylic acids is 2. The third-order valence-corrected chi connectivity index (χ3v) is 13.1. The molecule has 3 saturated carbocycles. The first-order valence-corrected chi connectivity index (χ1v) is 20.6. The van der Waals surface area contributed by atoms with Crippen LogP contribution >= 0.6 is 0 Å². The average molecular weight is 805 g/mol. The van der Waals surface area contributed by atoms with Gasteiger partial charge in [0.05, 0.1) is 30.6 Å². The number of rotatable bonds is 20. The molecule has 0 aromatic heterocycles. The fraction of sp³-hybridized carbons (Fsp3) is 0.821. The summed E-state index contributed by atoms with van der Waals surface area (Å²) in [5, 5.41) is 29.1. The van der Waals surface area contributed by atoms with E-state index in [0.717, 1.165) is 25.7 Å². The molecule has 2 saturated heterocycles. The van der Waals surface area contributed by atoms with Crippen molar-refractivity contribution in [3.63, 3.8) is 0 Å². The zero-order chi connectivity index (χ0) is 42.6. The Kier molecular flexibility index (Phi) is 15.2. The third kappa shape index (κ3) is 10.3. The Hall–Kier alpha value is -3.77. The fourth-order valence-electron chi connectivity index (χ4n) is 9.05. The maximum absolute atomic E-state index is 14.2. The van der Waals surface area contributed by atoms with E-state index < -0.39 is 104 Å². The van der Waals surface area contributed by atoms with Crippen molar-refractivity contribution >= 4 is 48.6 Å². The van der Waals surface area contributed by atoms with Crippen LogP contribution in [-0.4, -0.2) is 119 Å². The molecule has 8 N–H and O–H groups in total. The minimum absolute atomic E-state index is 0.00750.